The fourth-order valence-electron chi connectivity index (χ4n) is 1.03. The number of nitrogens with zero attached hydrogens (tertiary/aromatic N) is 1. The molecule has 1 unspecified atom stereocenters. The molecule has 0 aliphatic carbocycles. The van der Waals surface area contributed by atoms with Crippen molar-refractivity contribution in [1.29, 1.82) is 0 Å². The summed E-state index contributed by atoms with van der Waals surface area (Å²) in [5, 5.41) is 21.0. The van der Waals surface area contributed by atoms with Crippen LogP contribution < -0.4 is 4.72 Å². The minimum absolute atomic E-state index is 0.0594. The molecule has 0 saturated heterocycles. The van der Waals surface area contributed by atoms with E-state index in [1.54, 1.807) is 12.1 Å². The van der Waals surface area contributed by atoms with Gasteiger partial charge in [-0.1, -0.05) is 17.3 Å². The number of oxime groups is 1. The van der Waals surface area contributed by atoms with Crippen LogP contribution in [0.4, 0.5) is 0 Å². The molecule has 15 heavy (non-hydrogen) atoms. The van der Waals surface area contributed by atoms with Crippen LogP contribution >= 0.6 is 0 Å². The fraction of sp³-hybridized carbons (Fsp3) is 0.125. The van der Waals surface area contributed by atoms with Crippen molar-refractivity contribution in [3.05, 3.63) is 29.8 Å². The predicted molar refractivity (Wildman–Crippen MR) is 55.2 cm³/mol. The van der Waals surface area contributed by atoms with Gasteiger partial charge in [-0.25, -0.2) is 8.93 Å². The van der Waals surface area contributed by atoms with E-state index >= 15 is 0 Å². The van der Waals surface area contributed by atoms with Crippen LogP contribution in [0.2, 0.25) is 0 Å². The van der Waals surface area contributed by atoms with Crippen LogP contribution in [0.15, 0.2) is 29.4 Å². The lowest BCUT2D eigenvalue weighted by atomic mass is 10.1. The molecule has 1 atom stereocenters. The fourth-order valence-corrected chi connectivity index (χ4v) is 1.29. The van der Waals surface area contributed by atoms with Gasteiger partial charge >= 0.3 is 0 Å². The number of phenols is 1. The second-order valence-corrected chi connectivity index (χ2v) is 3.42. The van der Waals surface area contributed by atoms with E-state index in [2.05, 4.69) is 9.88 Å². The van der Waals surface area contributed by atoms with Crippen LogP contribution in [0.3, 0.4) is 0 Å². The molecule has 7 heteroatoms. The molecule has 0 heterocycles. The largest absolute Gasteiger partial charge is 0.507 e. The Hall–Kier alpha value is -1.44. The molecule has 82 valence electrons. The summed E-state index contributed by atoms with van der Waals surface area (Å²) in [6.45, 7) is -0.128. The molecule has 1 aromatic carbocycles. The van der Waals surface area contributed by atoms with E-state index in [0.717, 1.165) is 0 Å². The van der Waals surface area contributed by atoms with Crippen molar-refractivity contribution in [2.45, 2.75) is 0 Å². The lowest BCUT2D eigenvalue weighted by Crippen LogP contribution is -2.25. The highest BCUT2D eigenvalue weighted by Gasteiger charge is 2.09. The Bertz CT molecular complexity index is 394. The van der Waals surface area contributed by atoms with Gasteiger partial charge in [-0.3, -0.25) is 4.55 Å². The second kappa shape index (κ2) is 5.44. The van der Waals surface area contributed by atoms with Crippen LogP contribution in [0, 0.1) is 0 Å². The maximum Gasteiger partial charge on any atom is 0.232 e. The number of rotatable bonds is 4. The molecule has 6 nitrogen and oxygen atoms in total. The van der Waals surface area contributed by atoms with Crippen molar-refractivity contribution in [3.63, 3.8) is 0 Å². The zero-order valence-electron chi connectivity index (χ0n) is 7.62. The molecule has 0 saturated carbocycles. The second-order valence-electron chi connectivity index (χ2n) is 2.63. The number of hydrogen-bond donors (Lipinski definition) is 4. The third kappa shape index (κ3) is 3.31. The highest BCUT2D eigenvalue weighted by molar-refractivity contribution is 7.77. The van der Waals surface area contributed by atoms with Crippen LogP contribution in [-0.4, -0.2) is 31.3 Å². The molecule has 0 aliphatic rings. The van der Waals surface area contributed by atoms with Crippen molar-refractivity contribution >= 4 is 17.0 Å². The van der Waals surface area contributed by atoms with E-state index in [4.69, 9.17) is 9.76 Å². The molecular formula is C8H10N2O4S. The number of para-hydroxylation sites is 1. The van der Waals surface area contributed by atoms with Gasteiger partial charge in [-0.2, -0.15) is 0 Å². The quantitative estimate of drug-likeness (QED) is 0.258. The molecule has 1 rings (SSSR count). The highest BCUT2D eigenvalue weighted by Crippen LogP contribution is 2.16. The van der Waals surface area contributed by atoms with Gasteiger partial charge in [0.1, 0.15) is 11.5 Å². The predicted octanol–water partition coefficient (Wildman–Crippen LogP) is 0.297. The summed E-state index contributed by atoms with van der Waals surface area (Å²) in [5.74, 6) is -0.0594. The molecule has 0 radical (unpaired) electrons. The highest BCUT2D eigenvalue weighted by atomic mass is 32.2. The van der Waals surface area contributed by atoms with Gasteiger partial charge in [0.2, 0.25) is 11.3 Å². The van der Waals surface area contributed by atoms with Gasteiger partial charge in [0.25, 0.3) is 0 Å². The van der Waals surface area contributed by atoms with Crippen LogP contribution in [-0.2, 0) is 11.3 Å². The summed E-state index contributed by atoms with van der Waals surface area (Å²) in [4.78, 5) is 0. The molecule has 0 spiro atoms. The van der Waals surface area contributed by atoms with Crippen molar-refractivity contribution in [2.24, 2.45) is 5.16 Å². The number of phenolic OH excluding ortho intramolecular Hbond substituents is 1. The molecule has 0 aliphatic heterocycles. The molecular weight excluding hydrogens is 220 g/mol. The number of aromatic hydroxyl groups is 1. The number of nitrogens with one attached hydrogen (secondary N) is 1. The maximum atomic E-state index is 10.3. The average Bonchev–Trinajstić information content (AvgIpc) is 2.21. The third-order valence-corrected chi connectivity index (χ3v) is 2.09. The van der Waals surface area contributed by atoms with Gasteiger partial charge < -0.3 is 10.3 Å². The Morgan fingerprint density at radius 3 is 2.67 bits per heavy atom. The molecule has 0 fully saturated rings. The first kappa shape index (κ1) is 11.6. The Morgan fingerprint density at radius 2 is 2.13 bits per heavy atom. The third-order valence-electron chi connectivity index (χ3n) is 1.70. The zero-order chi connectivity index (χ0) is 11.3. The first-order valence-electron chi connectivity index (χ1n) is 3.99. The van der Waals surface area contributed by atoms with E-state index in [0.29, 0.717) is 5.56 Å². The van der Waals surface area contributed by atoms with E-state index in [-0.39, 0.29) is 18.0 Å². The average molecular weight is 230 g/mol. The van der Waals surface area contributed by atoms with Gasteiger partial charge in [0.05, 0.1) is 6.54 Å². The van der Waals surface area contributed by atoms with Crippen LogP contribution in [0.1, 0.15) is 5.56 Å². The topological polar surface area (TPSA) is 102 Å². The van der Waals surface area contributed by atoms with Gasteiger partial charge in [0, 0.05) is 5.56 Å². The van der Waals surface area contributed by atoms with Crippen molar-refractivity contribution in [2.75, 3.05) is 6.54 Å². The standard InChI is InChI=1S/C8H10N2O4S/c11-8-4-2-1-3-6(8)7(10-12)5-9-15(13)14/h1-4,9,11-12H,5H2,(H,13,14)/b10-7-. The summed E-state index contributed by atoms with van der Waals surface area (Å²) < 4.78 is 21.0. The molecule has 1 aromatic rings. The molecule has 0 amide bonds. The van der Waals surface area contributed by atoms with Gasteiger partial charge in [-0.05, 0) is 12.1 Å². The smallest absolute Gasteiger partial charge is 0.232 e. The first-order chi connectivity index (χ1) is 7.15. The SMILES string of the molecule is O=S(O)NC/C(=N/O)c1ccccc1O. The lowest BCUT2D eigenvalue weighted by Gasteiger charge is -2.05. The van der Waals surface area contributed by atoms with Crippen molar-refractivity contribution in [3.8, 4) is 5.75 Å². The van der Waals surface area contributed by atoms with E-state index in [9.17, 15) is 9.32 Å². The summed E-state index contributed by atoms with van der Waals surface area (Å²) >= 11 is -2.19. The lowest BCUT2D eigenvalue weighted by molar-refractivity contribution is 0.318. The zero-order valence-corrected chi connectivity index (χ0v) is 8.44. The van der Waals surface area contributed by atoms with Crippen LogP contribution in [0.25, 0.3) is 0 Å². The van der Waals surface area contributed by atoms with Crippen molar-refractivity contribution in [1.82, 2.24) is 4.72 Å². The van der Waals surface area contributed by atoms with Gasteiger partial charge in [0.15, 0.2) is 0 Å². The Labute approximate surface area is 88.7 Å². The normalized spacial score (nSPS) is 13.8. The Balaban J connectivity index is 2.85. The van der Waals surface area contributed by atoms with Gasteiger partial charge in [-0.15, -0.1) is 0 Å². The summed E-state index contributed by atoms with van der Waals surface area (Å²) in [6.07, 6.45) is 0. The first-order valence-corrected chi connectivity index (χ1v) is 5.09. The Kier molecular flexibility index (Phi) is 4.22. The maximum absolute atomic E-state index is 10.3. The monoisotopic (exact) mass is 230 g/mol. The van der Waals surface area contributed by atoms with E-state index in [1.807, 2.05) is 0 Å². The summed E-state index contributed by atoms with van der Waals surface area (Å²) in [6, 6.07) is 6.23. The molecule has 4 N–H and O–H groups in total. The minimum atomic E-state index is -2.19. The van der Waals surface area contributed by atoms with E-state index in [1.165, 1.54) is 12.1 Å². The Morgan fingerprint density at radius 1 is 1.47 bits per heavy atom. The molecule has 0 bridgehead atoms. The van der Waals surface area contributed by atoms with E-state index < -0.39 is 11.3 Å². The van der Waals surface area contributed by atoms with Crippen molar-refractivity contribution < 1.29 is 19.1 Å². The minimum Gasteiger partial charge on any atom is -0.507 e. The van der Waals surface area contributed by atoms with Crippen LogP contribution in [0.5, 0.6) is 5.75 Å². The number of hydrogen-bond acceptors (Lipinski definition) is 4. The summed E-state index contributed by atoms with van der Waals surface area (Å²) in [7, 11) is 0. The molecule has 0 aromatic heterocycles. The summed E-state index contributed by atoms with van der Waals surface area (Å²) in [5.41, 5.74) is 0.383. The number of benzene rings is 1.